The van der Waals surface area contributed by atoms with Crippen LogP contribution < -0.4 is 0 Å². The van der Waals surface area contributed by atoms with Crippen LogP contribution in [0.5, 0.6) is 0 Å². The zero-order chi connectivity index (χ0) is 21.5. The Hall–Kier alpha value is -1.50. The highest BCUT2D eigenvalue weighted by atomic mass is 33.2. The molecule has 12 heteroatoms. The number of esters is 1. The van der Waals surface area contributed by atoms with Crippen LogP contribution in [0, 0.1) is 0 Å². The van der Waals surface area contributed by atoms with Gasteiger partial charge in [-0.25, -0.2) is 9.00 Å². The van der Waals surface area contributed by atoms with Gasteiger partial charge in [-0.15, -0.1) is 9.06 Å². The quantitative estimate of drug-likeness (QED) is 0.297. The number of hydrogen-bond donors (Lipinski definition) is 2. The first-order valence-electron chi connectivity index (χ1n) is 7.10. The van der Waals surface area contributed by atoms with Crippen LogP contribution in [0.4, 0.5) is 22.0 Å². The number of rotatable bonds is 6. The van der Waals surface area contributed by atoms with E-state index < -0.39 is 46.8 Å². The third-order valence-corrected chi connectivity index (χ3v) is 13.5. The lowest BCUT2D eigenvalue weighted by Crippen LogP contribution is -2.63. The molecule has 0 aromatic heterocycles. The molecule has 1 atom stereocenters. The topological polar surface area (TPSA) is 83.8 Å². The summed E-state index contributed by atoms with van der Waals surface area (Å²) < 4.78 is 106. The zero-order valence-corrected chi connectivity index (χ0v) is 16.1. The van der Waals surface area contributed by atoms with Gasteiger partial charge in [-0.3, -0.25) is 9.11 Å². The van der Waals surface area contributed by atoms with Gasteiger partial charge in [-0.05, 0) is 31.6 Å². The molecule has 1 unspecified atom stereocenters. The summed E-state index contributed by atoms with van der Waals surface area (Å²) in [6.07, 6.45) is -8.79. The van der Waals surface area contributed by atoms with Crippen molar-refractivity contribution in [3.8, 4) is 0 Å². The second-order valence-corrected chi connectivity index (χ2v) is 15.4. The Balaban J connectivity index is 3.64. The minimum Gasteiger partial charge on any atom is -0.441 e. The molecule has 5 nitrogen and oxygen atoms in total. The van der Waals surface area contributed by atoms with E-state index in [9.17, 15) is 40.1 Å². The molecule has 156 valence electrons. The summed E-state index contributed by atoms with van der Waals surface area (Å²) in [4.78, 5) is 11.1. The number of carbonyl (C=O) groups excluding carboxylic acids is 1. The fourth-order valence-corrected chi connectivity index (χ4v) is 7.48. The van der Waals surface area contributed by atoms with E-state index >= 15 is 0 Å². The van der Waals surface area contributed by atoms with Gasteiger partial charge in [0.15, 0.2) is 8.66 Å². The second kappa shape index (κ2) is 6.83. The number of hydrogen-bond acceptors (Lipinski definition) is 3. The number of halogens is 5. The van der Waals surface area contributed by atoms with Gasteiger partial charge in [-0.2, -0.15) is 22.0 Å². The first-order valence-corrected chi connectivity index (χ1v) is 12.0. The Labute approximate surface area is 153 Å². The smallest absolute Gasteiger partial charge is 0.432 e. The summed E-state index contributed by atoms with van der Waals surface area (Å²) in [7, 11) is -11.2. The summed E-state index contributed by atoms with van der Waals surface area (Å²) in [5.74, 6) is -1.85. The van der Waals surface area contributed by atoms with Crippen molar-refractivity contribution in [2.45, 2.75) is 29.4 Å². The van der Waals surface area contributed by atoms with Gasteiger partial charge in [0, 0.05) is 10.5 Å². The summed E-state index contributed by atoms with van der Waals surface area (Å²) in [6.45, 7) is 3.88. The molecule has 0 saturated heterocycles. The molecule has 0 bridgehead atoms. The van der Waals surface area contributed by atoms with E-state index in [-0.39, 0.29) is 4.90 Å². The molecule has 0 spiro atoms. The lowest BCUT2D eigenvalue weighted by atomic mass is 10.3. The van der Waals surface area contributed by atoms with Gasteiger partial charge in [0.25, 0.3) is 6.10 Å². The summed E-state index contributed by atoms with van der Waals surface area (Å²) in [5, 5.41) is -5.77. The van der Waals surface area contributed by atoms with E-state index in [1.54, 1.807) is 0 Å². The van der Waals surface area contributed by atoms with E-state index in [4.69, 9.17) is 0 Å². The molecule has 0 amide bonds. The van der Waals surface area contributed by atoms with Crippen molar-refractivity contribution >= 4 is 23.7 Å². The monoisotopic (exact) mass is 438 g/mol. The van der Waals surface area contributed by atoms with Crippen LogP contribution in [0.25, 0.3) is 0 Å². The SMILES string of the molecule is C=C(C)C(=O)OC(C(F)(F)F)C(F)(F)S(=O)(O)(O)S(C)(C)c1ccccc1. The van der Waals surface area contributed by atoms with Crippen LogP contribution in [0.2, 0.25) is 0 Å². The number of ether oxygens (including phenoxy) is 1. The zero-order valence-electron chi connectivity index (χ0n) is 14.5. The van der Waals surface area contributed by atoms with Crippen molar-refractivity contribution in [3.63, 3.8) is 0 Å². The molecule has 1 aromatic carbocycles. The lowest BCUT2D eigenvalue weighted by molar-refractivity contribution is -0.258. The summed E-state index contributed by atoms with van der Waals surface area (Å²) in [5.41, 5.74) is -0.644. The molecule has 0 fully saturated rings. The van der Waals surface area contributed by atoms with Crippen molar-refractivity contribution in [2.24, 2.45) is 0 Å². The van der Waals surface area contributed by atoms with Crippen LogP contribution in [0.15, 0.2) is 47.4 Å². The van der Waals surface area contributed by atoms with Crippen molar-refractivity contribution in [3.05, 3.63) is 42.5 Å². The van der Waals surface area contributed by atoms with Crippen LogP contribution >= 0.6 is 9.06 Å². The third kappa shape index (κ3) is 3.89. The highest BCUT2D eigenvalue weighted by Crippen LogP contribution is 2.71. The van der Waals surface area contributed by atoms with Crippen LogP contribution in [-0.2, 0) is 18.2 Å². The Morgan fingerprint density at radius 2 is 1.59 bits per heavy atom. The van der Waals surface area contributed by atoms with Gasteiger partial charge in [0.2, 0.25) is 0 Å². The summed E-state index contributed by atoms with van der Waals surface area (Å²) >= 11 is 0. The predicted octanol–water partition coefficient (Wildman–Crippen LogP) is 4.43. The van der Waals surface area contributed by atoms with Crippen molar-refractivity contribution < 1.29 is 44.8 Å². The number of benzene rings is 1. The fourth-order valence-electron chi connectivity index (χ4n) is 1.92. The van der Waals surface area contributed by atoms with E-state index in [0.29, 0.717) is 0 Å². The molecule has 0 saturated carbocycles. The minimum atomic E-state index is -7.39. The van der Waals surface area contributed by atoms with Gasteiger partial charge < -0.3 is 4.74 Å². The molecule has 0 aliphatic carbocycles. The highest BCUT2D eigenvalue weighted by Gasteiger charge is 2.75. The lowest BCUT2D eigenvalue weighted by Gasteiger charge is -2.53. The molecule has 0 heterocycles. The normalized spacial score (nSPS) is 16.7. The van der Waals surface area contributed by atoms with E-state index in [1.165, 1.54) is 18.2 Å². The fraction of sp³-hybridized carbons (Fsp3) is 0.400. The summed E-state index contributed by atoms with van der Waals surface area (Å²) in [6, 6.07) is 6.28. The standard InChI is InChI=1S/C15H19F5O5S2/c1-10(2)12(21)25-13(14(16,17)18)15(19,20)27(22,23,24)26(3,4)11-8-6-5-7-9-11/h5-9,13H,1H2,2-4H3,(H2,22,23,24). The highest BCUT2D eigenvalue weighted by molar-refractivity contribution is 8.97. The molecule has 27 heavy (non-hydrogen) atoms. The molecular formula is C15H19F5O5S2. The Morgan fingerprint density at radius 3 is 1.96 bits per heavy atom. The van der Waals surface area contributed by atoms with E-state index in [2.05, 4.69) is 11.3 Å². The molecular weight excluding hydrogens is 419 g/mol. The predicted molar refractivity (Wildman–Crippen MR) is 93.2 cm³/mol. The van der Waals surface area contributed by atoms with Crippen LogP contribution in [0.1, 0.15) is 6.92 Å². The molecule has 0 aliphatic heterocycles. The van der Waals surface area contributed by atoms with Crippen LogP contribution in [-0.4, -0.2) is 49.3 Å². The largest absolute Gasteiger partial charge is 0.441 e. The average molecular weight is 438 g/mol. The maximum atomic E-state index is 14.8. The first kappa shape index (κ1) is 23.5. The van der Waals surface area contributed by atoms with Crippen molar-refractivity contribution in [1.29, 1.82) is 0 Å². The Morgan fingerprint density at radius 1 is 1.15 bits per heavy atom. The molecule has 0 aliphatic rings. The number of carbonyl (C=O) groups is 1. The van der Waals surface area contributed by atoms with E-state index in [1.807, 2.05) is 0 Å². The van der Waals surface area contributed by atoms with Gasteiger partial charge >= 0.3 is 17.4 Å². The van der Waals surface area contributed by atoms with Gasteiger partial charge in [0.05, 0.1) is 0 Å². The average Bonchev–Trinajstić information content (AvgIpc) is 2.50. The first-order chi connectivity index (χ1) is 11.9. The molecule has 2 N–H and O–H groups in total. The Kier molecular flexibility index (Phi) is 5.96. The Bertz CT molecular complexity index is 799. The maximum Gasteiger partial charge on any atom is 0.432 e. The van der Waals surface area contributed by atoms with Crippen LogP contribution in [0.3, 0.4) is 0 Å². The minimum absolute atomic E-state index is 0.251. The van der Waals surface area contributed by atoms with E-state index in [0.717, 1.165) is 31.6 Å². The second-order valence-electron chi connectivity index (χ2n) is 6.01. The molecule has 0 radical (unpaired) electrons. The molecule has 1 rings (SSSR count). The van der Waals surface area contributed by atoms with Gasteiger partial charge in [-0.1, -0.05) is 24.8 Å². The molecule has 1 aromatic rings. The van der Waals surface area contributed by atoms with Crippen molar-refractivity contribution in [2.75, 3.05) is 12.5 Å². The maximum absolute atomic E-state index is 14.8. The van der Waals surface area contributed by atoms with Gasteiger partial charge in [0.1, 0.15) is 0 Å². The number of alkyl halides is 5. The van der Waals surface area contributed by atoms with Crippen molar-refractivity contribution in [1.82, 2.24) is 0 Å². The third-order valence-electron chi connectivity index (χ3n) is 3.70.